The van der Waals surface area contributed by atoms with Gasteiger partial charge in [0.2, 0.25) is 0 Å². The molecule has 1 aromatic carbocycles. The van der Waals surface area contributed by atoms with Crippen molar-refractivity contribution in [1.82, 2.24) is 0 Å². The first-order valence-corrected chi connectivity index (χ1v) is 5.61. The van der Waals surface area contributed by atoms with Gasteiger partial charge in [0, 0.05) is 0 Å². The lowest BCUT2D eigenvalue weighted by Crippen LogP contribution is -2.04. The van der Waals surface area contributed by atoms with E-state index in [0.29, 0.717) is 0 Å². The molecule has 0 amide bonds. The van der Waals surface area contributed by atoms with Gasteiger partial charge >= 0.3 is 0 Å². The first-order chi connectivity index (χ1) is 6.81. The highest BCUT2D eigenvalue weighted by Crippen LogP contribution is 2.25. The molecule has 14 heavy (non-hydrogen) atoms. The number of aryl methyl sites for hydroxylation is 2. The van der Waals surface area contributed by atoms with Gasteiger partial charge in [-0.05, 0) is 48.8 Å². The van der Waals surface area contributed by atoms with Crippen LogP contribution < -0.4 is 0 Å². The Bertz CT molecular complexity index is 317. The Hall–Kier alpha value is -0.820. The molecule has 2 rings (SSSR count). The zero-order chi connectivity index (χ0) is 9.97. The summed E-state index contributed by atoms with van der Waals surface area (Å²) in [6.07, 6.45) is 5.57. The second-order valence-electron chi connectivity index (χ2n) is 4.16. The standard InChI is InChI=1S/C13H18O/c1-2-13(14)12-8-7-10-5-3-4-6-11(10)9-12/h7-9,13-14H,2-6H2,1H3/t13-/m0/s1. The molecule has 1 N–H and O–H groups in total. The van der Waals surface area contributed by atoms with Gasteiger partial charge in [-0.15, -0.1) is 0 Å². The minimum Gasteiger partial charge on any atom is -0.388 e. The smallest absolute Gasteiger partial charge is 0.0787 e. The fraction of sp³-hybridized carbons (Fsp3) is 0.538. The Kier molecular flexibility index (Phi) is 2.87. The molecule has 1 aliphatic carbocycles. The van der Waals surface area contributed by atoms with Crippen molar-refractivity contribution < 1.29 is 5.11 Å². The zero-order valence-corrected chi connectivity index (χ0v) is 8.79. The molecular weight excluding hydrogens is 172 g/mol. The molecule has 0 saturated carbocycles. The van der Waals surface area contributed by atoms with Crippen LogP contribution in [0.1, 0.15) is 49.0 Å². The van der Waals surface area contributed by atoms with E-state index < -0.39 is 0 Å². The lowest BCUT2D eigenvalue weighted by atomic mass is 9.89. The normalized spacial score (nSPS) is 17.6. The van der Waals surface area contributed by atoms with E-state index in [0.717, 1.165) is 12.0 Å². The minimum absolute atomic E-state index is 0.276. The lowest BCUT2D eigenvalue weighted by Gasteiger charge is -2.18. The van der Waals surface area contributed by atoms with Crippen LogP contribution in [0.4, 0.5) is 0 Å². The Morgan fingerprint density at radius 3 is 2.64 bits per heavy atom. The van der Waals surface area contributed by atoms with Crippen molar-refractivity contribution in [3.05, 3.63) is 34.9 Å². The molecule has 1 aromatic rings. The number of aliphatic hydroxyl groups is 1. The third kappa shape index (κ3) is 1.83. The van der Waals surface area contributed by atoms with Crippen LogP contribution in [0, 0.1) is 0 Å². The molecule has 76 valence electrons. The molecule has 0 fully saturated rings. The molecule has 0 aromatic heterocycles. The number of hydrogen-bond acceptors (Lipinski definition) is 1. The Morgan fingerprint density at radius 2 is 1.93 bits per heavy atom. The van der Waals surface area contributed by atoms with Crippen LogP contribution in [0.25, 0.3) is 0 Å². The van der Waals surface area contributed by atoms with Crippen molar-refractivity contribution in [3.63, 3.8) is 0 Å². The van der Waals surface area contributed by atoms with Crippen molar-refractivity contribution in [2.24, 2.45) is 0 Å². The molecule has 1 heteroatoms. The van der Waals surface area contributed by atoms with E-state index in [-0.39, 0.29) is 6.10 Å². The van der Waals surface area contributed by atoms with Gasteiger partial charge in [-0.2, -0.15) is 0 Å². The topological polar surface area (TPSA) is 20.2 Å². The average Bonchev–Trinajstić information content (AvgIpc) is 2.27. The summed E-state index contributed by atoms with van der Waals surface area (Å²) in [5.41, 5.74) is 4.04. The fourth-order valence-corrected chi connectivity index (χ4v) is 2.20. The second kappa shape index (κ2) is 4.14. The second-order valence-corrected chi connectivity index (χ2v) is 4.16. The highest BCUT2D eigenvalue weighted by atomic mass is 16.3. The summed E-state index contributed by atoms with van der Waals surface area (Å²) < 4.78 is 0. The van der Waals surface area contributed by atoms with Crippen molar-refractivity contribution in [1.29, 1.82) is 0 Å². The number of benzene rings is 1. The van der Waals surface area contributed by atoms with Gasteiger partial charge in [-0.25, -0.2) is 0 Å². The van der Waals surface area contributed by atoms with Gasteiger partial charge in [0.1, 0.15) is 0 Å². The summed E-state index contributed by atoms with van der Waals surface area (Å²) in [5, 5.41) is 9.73. The van der Waals surface area contributed by atoms with E-state index in [1.807, 2.05) is 6.92 Å². The third-order valence-corrected chi connectivity index (χ3v) is 3.14. The predicted octanol–water partition coefficient (Wildman–Crippen LogP) is 3.01. The van der Waals surface area contributed by atoms with Crippen LogP contribution in [0.15, 0.2) is 18.2 Å². The Morgan fingerprint density at radius 1 is 1.21 bits per heavy atom. The molecule has 0 saturated heterocycles. The molecule has 0 aliphatic heterocycles. The zero-order valence-electron chi connectivity index (χ0n) is 8.79. The van der Waals surface area contributed by atoms with Crippen molar-refractivity contribution in [3.8, 4) is 0 Å². The summed E-state index contributed by atoms with van der Waals surface area (Å²) in [6, 6.07) is 6.48. The highest BCUT2D eigenvalue weighted by molar-refractivity contribution is 5.34. The molecular formula is C13H18O. The summed E-state index contributed by atoms with van der Waals surface area (Å²) in [4.78, 5) is 0. The van der Waals surface area contributed by atoms with Crippen LogP contribution >= 0.6 is 0 Å². The van der Waals surface area contributed by atoms with Gasteiger partial charge in [-0.3, -0.25) is 0 Å². The number of aliphatic hydroxyl groups excluding tert-OH is 1. The van der Waals surface area contributed by atoms with E-state index in [9.17, 15) is 5.11 Å². The van der Waals surface area contributed by atoms with E-state index in [2.05, 4.69) is 18.2 Å². The molecule has 0 heterocycles. The van der Waals surface area contributed by atoms with E-state index >= 15 is 0 Å². The number of fused-ring (bicyclic) bond motifs is 1. The van der Waals surface area contributed by atoms with E-state index in [1.165, 1.54) is 36.8 Å². The Balaban J connectivity index is 2.29. The summed E-state index contributed by atoms with van der Waals surface area (Å²) >= 11 is 0. The summed E-state index contributed by atoms with van der Waals surface area (Å²) in [7, 11) is 0. The Labute approximate surface area is 85.8 Å². The third-order valence-electron chi connectivity index (χ3n) is 3.14. The molecule has 0 unspecified atom stereocenters. The first kappa shape index (κ1) is 9.72. The number of rotatable bonds is 2. The van der Waals surface area contributed by atoms with Crippen LogP contribution in [-0.2, 0) is 12.8 Å². The average molecular weight is 190 g/mol. The fourth-order valence-electron chi connectivity index (χ4n) is 2.20. The highest BCUT2D eigenvalue weighted by Gasteiger charge is 2.11. The van der Waals surface area contributed by atoms with Gasteiger partial charge in [0.05, 0.1) is 6.10 Å². The van der Waals surface area contributed by atoms with Gasteiger partial charge in [0.25, 0.3) is 0 Å². The maximum absolute atomic E-state index is 9.73. The first-order valence-electron chi connectivity index (χ1n) is 5.61. The molecule has 1 aliphatic rings. The molecule has 1 atom stereocenters. The van der Waals surface area contributed by atoms with E-state index in [1.54, 1.807) is 0 Å². The maximum Gasteiger partial charge on any atom is 0.0787 e. The maximum atomic E-state index is 9.73. The van der Waals surface area contributed by atoms with Gasteiger partial charge < -0.3 is 5.11 Å². The van der Waals surface area contributed by atoms with Crippen LogP contribution in [0.5, 0.6) is 0 Å². The van der Waals surface area contributed by atoms with Crippen molar-refractivity contribution in [2.45, 2.75) is 45.1 Å². The van der Waals surface area contributed by atoms with Crippen molar-refractivity contribution in [2.75, 3.05) is 0 Å². The molecule has 0 bridgehead atoms. The quantitative estimate of drug-likeness (QED) is 0.760. The van der Waals surface area contributed by atoms with Crippen LogP contribution in [0.2, 0.25) is 0 Å². The predicted molar refractivity (Wildman–Crippen MR) is 58.3 cm³/mol. The molecule has 0 radical (unpaired) electrons. The number of hydrogen-bond donors (Lipinski definition) is 1. The van der Waals surface area contributed by atoms with Crippen LogP contribution in [0.3, 0.4) is 0 Å². The largest absolute Gasteiger partial charge is 0.388 e. The SMILES string of the molecule is CC[C@H](O)c1ccc2c(c1)CCCC2. The molecule has 1 nitrogen and oxygen atoms in total. The molecule has 0 spiro atoms. The van der Waals surface area contributed by atoms with Gasteiger partial charge in [-0.1, -0.05) is 25.1 Å². The lowest BCUT2D eigenvalue weighted by molar-refractivity contribution is 0.173. The van der Waals surface area contributed by atoms with Crippen molar-refractivity contribution >= 4 is 0 Å². The monoisotopic (exact) mass is 190 g/mol. The minimum atomic E-state index is -0.276. The summed E-state index contributed by atoms with van der Waals surface area (Å²) in [6.45, 7) is 2.02. The van der Waals surface area contributed by atoms with Crippen LogP contribution in [-0.4, -0.2) is 5.11 Å². The van der Waals surface area contributed by atoms with Gasteiger partial charge in [0.15, 0.2) is 0 Å². The summed E-state index contributed by atoms with van der Waals surface area (Å²) in [5.74, 6) is 0. The van der Waals surface area contributed by atoms with E-state index in [4.69, 9.17) is 0 Å².